The molecule has 22 heavy (non-hydrogen) atoms. The Balaban J connectivity index is 0.000000295. The number of carboxylic acids is 1. The second-order valence-electron chi connectivity index (χ2n) is 4.24. The van der Waals surface area contributed by atoms with Gasteiger partial charge in [0.05, 0.1) is 5.56 Å². The molecule has 1 aliphatic rings. The van der Waals surface area contributed by atoms with E-state index in [-0.39, 0.29) is 0 Å². The van der Waals surface area contributed by atoms with E-state index in [1.54, 1.807) is 0 Å². The number of aliphatic carboxylic acids is 1. The minimum Gasteiger partial charge on any atom is -0.475 e. The molecule has 0 atom stereocenters. The molecular formula is C13H11F6NO2. The lowest BCUT2D eigenvalue weighted by atomic mass is 10.0. The van der Waals surface area contributed by atoms with Crippen molar-refractivity contribution in [1.29, 1.82) is 0 Å². The van der Waals surface area contributed by atoms with Crippen molar-refractivity contribution < 1.29 is 36.2 Å². The molecule has 0 spiro atoms. The van der Waals surface area contributed by atoms with E-state index in [0.29, 0.717) is 0 Å². The van der Waals surface area contributed by atoms with Crippen molar-refractivity contribution >= 4 is 11.5 Å². The highest BCUT2D eigenvalue weighted by atomic mass is 19.4. The monoisotopic (exact) mass is 327 g/mol. The number of carbonyl (C=O) groups is 1. The molecule has 0 radical (unpaired) electrons. The van der Waals surface area contributed by atoms with Crippen molar-refractivity contribution in [3.8, 4) is 0 Å². The fourth-order valence-corrected chi connectivity index (χ4v) is 1.57. The van der Waals surface area contributed by atoms with E-state index in [0.717, 1.165) is 36.4 Å². The number of hydrogen-bond donors (Lipinski definition) is 2. The lowest BCUT2D eigenvalue weighted by Crippen LogP contribution is -2.21. The van der Waals surface area contributed by atoms with Crippen LogP contribution in [0.5, 0.6) is 0 Å². The SMILES string of the molecule is FC(F)(F)c1ccc(C2=CCNC2)cc1.O=C(O)C(F)(F)F. The largest absolute Gasteiger partial charge is 0.490 e. The number of hydrogen-bond acceptors (Lipinski definition) is 2. The molecule has 1 aromatic carbocycles. The zero-order chi connectivity index (χ0) is 17.0. The van der Waals surface area contributed by atoms with Gasteiger partial charge in [-0.3, -0.25) is 0 Å². The van der Waals surface area contributed by atoms with Crippen molar-refractivity contribution in [3.05, 3.63) is 41.5 Å². The van der Waals surface area contributed by atoms with E-state index >= 15 is 0 Å². The molecule has 0 fully saturated rings. The summed E-state index contributed by atoms with van der Waals surface area (Å²) in [6, 6.07) is 5.27. The summed E-state index contributed by atoms with van der Waals surface area (Å²) in [6.07, 6.45) is -7.34. The normalized spacial score (nSPS) is 14.9. The van der Waals surface area contributed by atoms with Gasteiger partial charge in [0, 0.05) is 13.1 Å². The van der Waals surface area contributed by atoms with Crippen LogP contribution in [0.1, 0.15) is 11.1 Å². The molecule has 0 aromatic heterocycles. The van der Waals surface area contributed by atoms with Crippen LogP contribution in [0.2, 0.25) is 0 Å². The van der Waals surface area contributed by atoms with Crippen LogP contribution >= 0.6 is 0 Å². The van der Waals surface area contributed by atoms with Gasteiger partial charge in [-0.2, -0.15) is 26.3 Å². The lowest BCUT2D eigenvalue weighted by Gasteiger charge is -2.07. The van der Waals surface area contributed by atoms with Crippen LogP contribution in [0, 0.1) is 0 Å². The Kier molecular flexibility index (Phi) is 5.59. The molecule has 0 amide bonds. The molecule has 0 saturated heterocycles. The second-order valence-corrected chi connectivity index (χ2v) is 4.24. The second kappa shape index (κ2) is 6.82. The summed E-state index contributed by atoms with van der Waals surface area (Å²) in [7, 11) is 0. The van der Waals surface area contributed by atoms with Gasteiger partial charge in [-0.25, -0.2) is 4.79 Å². The molecule has 1 aromatic rings. The standard InChI is InChI=1S/C11H10F3N.C2HF3O2/c12-11(13,14)10-3-1-8(2-4-10)9-5-6-15-7-9;3-2(4,5)1(6)7/h1-5,15H,6-7H2;(H,6,7). The Bertz CT molecular complexity index is 545. The van der Waals surface area contributed by atoms with Gasteiger partial charge in [-0.05, 0) is 23.3 Å². The highest BCUT2D eigenvalue weighted by molar-refractivity contribution is 5.73. The van der Waals surface area contributed by atoms with E-state index in [9.17, 15) is 26.3 Å². The minimum absolute atomic E-state index is 0.599. The Morgan fingerprint density at radius 1 is 1.05 bits per heavy atom. The third kappa shape index (κ3) is 5.40. The lowest BCUT2D eigenvalue weighted by molar-refractivity contribution is -0.192. The maximum absolute atomic E-state index is 12.3. The molecule has 2 N–H and O–H groups in total. The van der Waals surface area contributed by atoms with E-state index in [2.05, 4.69) is 5.32 Å². The highest BCUT2D eigenvalue weighted by Crippen LogP contribution is 2.30. The predicted octanol–water partition coefficient (Wildman–Crippen LogP) is 3.33. The van der Waals surface area contributed by atoms with Crippen molar-refractivity contribution in [1.82, 2.24) is 5.32 Å². The third-order valence-electron chi connectivity index (χ3n) is 2.63. The van der Waals surface area contributed by atoms with E-state index in [1.165, 1.54) is 12.1 Å². The Morgan fingerprint density at radius 2 is 1.55 bits per heavy atom. The zero-order valence-electron chi connectivity index (χ0n) is 10.9. The average molecular weight is 327 g/mol. The van der Waals surface area contributed by atoms with Crippen molar-refractivity contribution in [2.24, 2.45) is 0 Å². The van der Waals surface area contributed by atoms with Crippen molar-refractivity contribution in [2.75, 3.05) is 13.1 Å². The highest BCUT2D eigenvalue weighted by Gasteiger charge is 2.38. The summed E-state index contributed by atoms with van der Waals surface area (Å²) in [5.41, 5.74) is 1.31. The van der Waals surface area contributed by atoms with Crippen LogP contribution in [0.3, 0.4) is 0 Å². The van der Waals surface area contributed by atoms with Crippen LogP contribution in [0.15, 0.2) is 30.3 Å². The van der Waals surface area contributed by atoms with Gasteiger partial charge >= 0.3 is 18.3 Å². The fraction of sp³-hybridized carbons (Fsp3) is 0.308. The summed E-state index contributed by atoms with van der Waals surface area (Å²) in [5.74, 6) is -2.76. The summed E-state index contributed by atoms with van der Waals surface area (Å²) in [4.78, 5) is 8.90. The van der Waals surface area contributed by atoms with Crippen LogP contribution in [-0.2, 0) is 11.0 Å². The molecule has 0 unspecified atom stereocenters. The first-order valence-corrected chi connectivity index (χ1v) is 5.89. The van der Waals surface area contributed by atoms with Crippen molar-refractivity contribution in [2.45, 2.75) is 12.4 Å². The number of benzene rings is 1. The van der Waals surface area contributed by atoms with E-state index in [4.69, 9.17) is 9.90 Å². The molecule has 0 bridgehead atoms. The van der Waals surface area contributed by atoms with Gasteiger partial charge < -0.3 is 10.4 Å². The maximum Gasteiger partial charge on any atom is 0.490 e. The zero-order valence-corrected chi connectivity index (χ0v) is 10.9. The van der Waals surface area contributed by atoms with Gasteiger partial charge in [-0.1, -0.05) is 18.2 Å². The maximum atomic E-state index is 12.3. The smallest absolute Gasteiger partial charge is 0.475 e. The fourth-order valence-electron chi connectivity index (χ4n) is 1.57. The topological polar surface area (TPSA) is 49.3 Å². The summed E-state index contributed by atoms with van der Waals surface area (Å²) in [6.45, 7) is 1.52. The Morgan fingerprint density at radius 3 is 1.86 bits per heavy atom. The van der Waals surface area contributed by atoms with Gasteiger partial charge in [0.2, 0.25) is 0 Å². The van der Waals surface area contributed by atoms with E-state index in [1.807, 2.05) is 6.08 Å². The average Bonchev–Trinajstić information content (AvgIpc) is 2.91. The number of carboxylic acid groups (broad SMARTS) is 1. The summed E-state index contributed by atoms with van der Waals surface area (Å²) in [5, 5.41) is 10.2. The van der Waals surface area contributed by atoms with Gasteiger partial charge in [0.15, 0.2) is 0 Å². The quantitative estimate of drug-likeness (QED) is 0.778. The van der Waals surface area contributed by atoms with E-state index < -0.39 is 23.9 Å². The summed E-state index contributed by atoms with van der Waals surface area (Å²) < 4.78 is 68.5. The number of nitrogens with one attached hydrogen (secondary N) is 1. The van der Waals surface area contributed by atoms with Crippen molar-refractivity contribution in [3.63, 3.8) is 0 Å². The minimum atomic E-state index is -5.08. The number of halogens is 6. The predicted molar refractivity (Wildman–Crippen MR) is 66.0 cm³/mol. The Hall–Kier alpha value is -2.03. The molecule has 1 heterocycles. The van der Waals surface area contributed by atoms with Gasteiger partial charge in [0.1, 0.15) is 0 Å². The summed E-state index contributed by atoms with van der Waals surface area (Å²) >= 11 is 0. The number of alkyl halides is 6. The molecule has 0 saturated carbocycles. The first-order chi connectivity index (χ1) is 10.0. The van der Waals surface area contributed by atoms with Crippen LogP contribution in [-0.4, -0.2) is 30.3 Å². The molecule has 1 aliphatic heterocycles. The first kappa shape index (κ1) is 18.0. The molecule has 3 nitrogen and oxygen atoms in total. The molecule has 9 heteroatoms. The third-order valence-corrected chi connectivity index (χ3v) is 2.63. The van der Waals surface area contributed by atoms with Crippen LogP contribution in [0.4, 0.5) is 26.3 Å². The van der Waals surface area contributed by atoms with Gasteiger partial charge in [0.25, 0.3) is 0 Å². The van der Waals surface area contributed by atoms with Crippen LogP contribution in [0.25, 0.3) is 5.57 Å². The first-order valence-electron chi connectivity index (χ1n) is 5.89. The van der Waals surface area contributed by atoms with Crippen LogP contribution < -0.4 is 5.32 Å². The van der Waals surface area contributed by atoms with Gasteiger partial charge in [-0.15, -0.1) is 0 Å². The number of rotatable bonds is 1. The molecule has 122 valence electrons. The molecular weight excluding hydrogens is 316 g/mol. The molecule has 2 rings (SSSR count). The molecule has 0 aliphatic carbocycles. The Labute approximate surface area is 121 Å².